The van der Waals surface area contributed by atoms with Crippen LogP contribution >= 0.6 is 0 Å². The van der Waals surface area contributed by atoms with Crippen LogP contribution in [0.15, 0.2) is 48.5 Å². The third-order valence-electron chi connectivity index (χ3n) is 7.16. The molecule has 0 bridgehead atoms. The summed E-state index contributed by atoms with van der Waals surface area (Å²) in [6.45, 7) is 3.11. The van der Waals surface area contributed by atoms with Gasteiger partial charge in [0.2, 0.25) is 0 Å². The van der Waals surface area contributed by atoms with E-state index in [0.717, 1.165) is 41.7 Å². The molecule has 0 aromatic heterocycles. The van der Waals surface area contributed by atoms with Crippen molar-refractivity contribution >= 4 is 0 Å². The second-order valence-corrected chi connectivity index (χ2v) is 9.65. The molecule has 0 unspecified atom stereocenters. The molecule has 0 atom stereocenters. The number of hydrogen-bond donors (Lipinski definition) is 0. The maximum Gasteiger partial charge on any atom is 0.119 e. The molecule has 0 heterocycles. The molecule has 172 valence electrons. The van der Waals surface area contributed by atoms with Gasteiger partial charge in [-0.3, -0.25) is 0 Å². The number of nitriles is 1. The molecule has 1 aliphatic rings. The van der Waals surface area contributed by atoms with Crippen LogP contribution in [0.3, 0.4) is 0 Å². The van der Waals surface area contributed by atoms with E-state index in [9.17, 15) is 0 Å². The highest BCUT2D eigenvalue weighted by atomic mass is 16.5. The lowest BCUT2D eigenvalue weighted by molar-refractivity contribution is 0.228. The number of hydrogen-bond acceptors (Lipinski definition) is 2. The average molecular weight is 432 g/mol. The van der Waals surface area contributed by atoms with E-state index in [2.05, 4.69) is 37.3 Å². The summed E-state index contributed by atoms with van der Waals surface area (Å²) in [6, 6.07) is 18.2. The average Bonchev–Trinajstić information content (AvgIpc) is 2.85. The van der Waals surface area contributed by atoms with E-state index < -0.39 is 0 Å². The Morgan fingerprint density at radius 1 is 0.719 bits per heavy atom. The van der Waals surface area contributed by atoms with E-state index in [0.29, 0.717) is 5.56 Å². The predicted octanol–water partition coefficient (Wildman–Crippen LogP) is 8.94. The van der Waals surface area contributed by atoms with E-state index in [4.69, 9.17) is 10.00 Å². The van der Waals surface area contributed by atoms with Crippen LogP contribution in [0.5, 0.6) is 5.75 Å². The van der Waals surface area contributed by atoms with Gasteiger partial charge in [0.25, 0.3) is 0 Å². The second kappa shape index (κ2) is 14.0. The van der Waals surface area contributed by atoms with Gasteiger partial charge in [0.05, 0.1) is 18.2 Å². The fourth-order valence-corrected chi connectivity index (χ4v) is 5.07. The minimum atomic E-state index is 0.694. The molecule has 0 aliphatic heterocycles. The Balaban J connectivity index is 1.26. The summed E-state index contributed by atoms with van der Waals surface area (Å²) in [6.07, 6.45) is 18.3. The number of unbranched alkanes of at least 4 members (excludes halogenated alkanes) is 5. The van der Waals surface area contributed by atoms with Gasteiger partial charge in [-0.15, -0.1) is 0 Å². The molecular formula is C30H41NO. The monoisotopic (exact) mass is 431 g/mol. The minimum absolute atomic E-state index is 0.694. The quantitative estimate of drug-likeness (QED) is 0.296. The van der Waals surface area contributed by atoms with Crippen molar-refractivity contribution in [3.05, 3.63) is 54.1 Å². The fourth-order valence-electron chi connectivity index (χ4n) is 5.07. The van der Waals surface area contributed by atoms with Gasteiger partial charge in [0.15, 0.2) is 0 Å². The smallest absolute Gasteiger partial charge is 0.119 e. The van der Waals surface area contributed by atoms with E-state index in [-0.39, 0.29) is 0 Å². The molecule has 2 aromatic carbocycles. The Morgan fingerprint density at radius 2 is 1.25 bits per heavy atom. The molecule has 0 spiro atoms. The van der Waals surface area contributed by atoms with Crippen LogP contribution < -0.4 is 4.74 Å². The van der Waals surface area contributed by atoms with E-state index in [1.165, 1.54) is 77.0 Å². The van der Waals surface area contributed by atoms with E-state index in [1.807, 2.05) is 24.3 Å². The van der Waals surface area contributed by atoms with Crippen LogP contribution in [0.1, 0.15) is 96.0 Å². The molecule has 1 fully saturated rings. The summed E-state index contributed by atoms with van der Waals surface area (Å²) < 4.78 is 6.00. The predicted molar refractivity (Wildman–Crippen MR) is 135 cm³/mol. The van der Waals surface area contributed by atoms with Crippen molar-refractivity contribution in [3.8, 4) is 22.9 Å². The first-order chi connectivity index (χ1) is 15.8. The zero-order chi connectivity index (χ0) is 22.4. The summed E-state index contributed by atoms with van der Waals surface area (Å²) in [5.41, 5.74) is 2.97. The number of nitrogens with zero attached hydrogens (tertiary/aromatic N) is 1. The maximum absolute atomic E-state index is 8.93. The molecule has 0 amide bonds. The number of ether oxygens (including phenoxy) is 1. The maximum atomic E-state index is 8.93. The zero-order valence-electron chi connectivity index (χ0n) is 20.0. The highest BCUT2D eigenvalue weighted by Gasteiger charge is 2.20. The van der Waals surface area contributed by atoms with Gasteiger partial charge in [0.1, 0.15) is 5.75 Å². The highest BCUT2D eigenvalue weighted by molar-refractivity contribution is 5.64. The Kier molecular flexibility index (Phi) is 10.7. The Hall–Kier alpha value is -2.27. The van der Waals surface area contributed by atoms with Crippen molar-refractivity contribution < 1.29 is 4.74 Å². The molecule has 0 radical (unpaired) electrons. The molecular weight excluding hydrogens is 390 g/mol. The van der Waals surface area contributed by atoms with Crippen LogP contribution in [0, 0.1) is 23.2 Å². The lowest BCUT2D eigenvalue weighted by atomic mass is 9.78. The Bertz CT molecular complexity index is 794. The molecule has 2 aromatic rings. The van der Waals surface area contributed by atoms with Crippen molar-refractivity contribution in [2.75, 3.05) is 6.61 Å². The normalized spacial score (nSPS) is 18.2. The van der Waals surface area contributed by atoms with Crippen LogP contribution in [-0.4, -0.2) is 6.61 Å². The molecule has 32 heavy (non-hydrogen) atoms. The Labute approximate surface area is 196 Å². The second-order valence-electron chi connectivity index (χ2n) is 9.65. The van der Waals surface area contributed by atoms with Crippen molar-refractivity contribution in [3.63, 3.8) is 0 Å². The summed E-state index contributed by atoms with van der Waals surface area (Å²) in [5, 5.41) is 8.93. The fraction of sp³-hybridized carbons (Fsp3) is 0.567. The number of benzene rings is 2. The van der Waals surface area contributed by atoms with Crippen LogP contribution in [0.2, 0.25) is 0 Å². The first-order valence-electron chi connectivity index (χ1n) is 13.0. The van der Waals surface area contributed by atoms with Crippen LogP contribution in [0.4, 0.5) is 0 Å². The molecule has 0 N–H and O–H groups in total. The van der Waals surface area contributed by atoms with Crippen molar-refractivity contribution in [2.24, 2.45) is 11.8 Å². The first kappa shape index (κ1) is 24.4. The zero-order valence-corrected chi connectivity index (χ0v) is 20.0. The topological polar surface area (TPSA) is 33.0 Å². The van der Waals surface area contributed by atoms with Gasteiger partial charge in [-0.1, -0.05) is 102 Å². The molecule has 3 rings (SSSR count). The van der Waals surface area contributed by atoms with Crippen LogP contribution in [0.25, 0.3) is 11.1 Å². The lowest BCUT2D eigenvalue weighted by Gasteiger charge is -2.28. The molecule has 1 saturated carbocycles. The minimum Gasteiger partial charge on any atom is -0.494 e. The molecule has 1 aliphatic carbocycles. The third-order valence-corrected chi connectivity index (χ3v) is 7.16. The first-order valence-corrected chi connectivity index (χ1v) is 13.0. The van der Waals surface area contributed by atoms with Gasteiger partial charge in [-0.25, -0.2) is 0 Å². The SMILES string of the molecule is CCCCCCCC[C@H]1CC[C@H](CCCOc2ccc(-c3ccc(C#N)cc3)cc2)CC1. The summed E-state index contributed by atoms with van der Waals surface area (Å²) in [7, 11) is 0. The van der Waals surface area contributed by atoms with Gasteiger partial charge in [-0.05, 0) is 60.1 Å². The summed E-state index contributed by atoms with van der Waals surface area (Å²) in [5.74, 6) is 2.87. The van der Waals surface area contributed by atoms with Crippen molar-refractivity contribution in [2.45, 2.75) is 90.4 Å². The summed E-state index contributed by atoms with van der Waals surface area (Å²) >= 11 is 0. The third kappa shape index (κ3) is 8.34. The van der Waals surface area contributed by atoms with Gasteiger partial charge in [0, 0.05) is 0 Å². The van der Waals surface area contributed by atoms with Gasteiger partial charge >= 0.3 is 0 Å². The van der Waals surface area contributed by atoms with Crippen LogP contribution in [-0.2, 0) is 0 Å². The molecule has 2 nitrogen and oxygen atoms in total. The summed E-state index contributed by atoms with van der Waals surface area (Å²) in [4.78, 5) is 0. The molecule has 2 heteroatoms. The Morgan fingerprint density at radius 3 is 1.84 bits per heavy atom. The largest absolute Gasteiger partial charge is 0.494 e. The van der Waals surface area contributed by atoms with E-state index in [1.54, 1.807) is 0 Å². The lowest BCUT2D eigenvalue weighted by Crippen LogP contribution is -2.15. The van der Waals surface area contributed by atoms with Gasteiger partial charge < -0.3 is 4.74 Å². The van der Waals surface area contributed by atoms with E-state index >= 15 is 0 Å². The number of rotatable bonds is 13. The standard InChI is InChI=1S/C30H41NO/c1-2-3-4-5-6-7-9-25-11-13-26(14-12-25)10-8-23-32-30-21-19-29(20-22-30)28-17-15-27(24-31)16-18-28/h15-22,25-26H,2-14,23H2,1H3/t25-,26-. The van der Waals surface area contributed by atoms with Gasteiger partial charge in [-0.2, -0.15) is 5.26 Å². The molecule has 0 saturated heterocycles. The van der Waals surface area contributed by atoms with Crippen molar-refractivity contribution in [1.82, 2.24) is 0 Å². The van der Waals surface area contributed by atoms with Crippen molar-refractivity contribution in [1.29, 1.82) is 5.26 Å². The highest BCUT2D eigenvalue weighted by Crippen LogP contribution is 2.34.